The van der Waals surface area contributed by atoms with Crippen LogP contribution in [-0.2, 0) is 4.74 Å². The third kappa shape index (κ3) is 3.12. The molecular weight excluding hydrogens is 389 g/mol. The Bertz CT molecular complexity index is 395. The Balaban J connectivity index is 0.00000176. The Morgan fingerprint density at radius 1 is 1.32 bits per heavy atom. The summed E-state index contributed by atoms with van der Waals surface area (Å²) in [6.45, 7) is 8.32. The fourth-order valence-electron chi connectivity index (χ4n) is 4.68. The zero-order valence-corrected chi connectivity index (χ0v) is 16.6. The van der Waals surface area contributed by atoms with E-state index in [4.69, 9.17) is 4.74 Å². The average molecular weight is 421 g/mol. The highest BCUT2D eigenvalue weighted by Crippen LogP contribution is 2.60. The number of hydrogen-bond acceptors (Lipinski definition) is 2. The van der Waals surface area contributed by atoms with Crippen LogP contribution in [0, 0.1) is 11.3 Å². The molecule has 128 valence electrons. The van der Waals surface area contributed by atoms with Crippen LogP contribution in [0.5, 0.6) is 0 Å². The maximum Gasteiger partial charge on any atom is 0.191 e. The number of rotatable bonds is 4. The van der Waals surface area contributed by atoms with E-state index in [1.165, 1.54) is 32.1 Å². The van der Waals surface area contributed by atoms with Gasteiger partial charge in [-0.1, -0.05) is 19.8 Å². The molecule has 3 aliphatic rings. The molecule has 2 N–H and O–H groups in total. The quantitative estimate of drug-likeness (QED) is 0.416. The molecule has 1 aliphatic heterocycles. The highest BCUT2D eigenvalue weighted by Gasteiger charge is 2.65. The molecule has 22 heavy (non-hydrogen) atoms. The van der Waals surface area contributed by atoms with Crippen molar-refractivity contribution >= 4 is 29.9 Å². The molecule has 0 aromatic rings. The largest absolute Gasteiger partial charge is 0.377 e. The van der Waals surface area contributed by atoms with Gasteiger partial charge in [0, 0.05) is 36.6 Å². The fraction of sp³-hybridized carbons (Fsp3) is 0.941. The maximum atomic E-state index is 6.06. The van der Waals surface area contributed by atoms with Gasteiger partial charge in [-0.15, -0.1) is 24.0 Å². The molecule has 0 radical (unpaired) electrons. The van der Waals surface area contributed by atoms with E-state index in [-0.39, 0.29) is 24.0 Å². The van der Waals surface area contributed by atoms with Crippen molar-refractivity contribution in [2.24, 2.45) is 16.3 Å². The van der Waals surface area contributed by atoms with E-state index in [1.54, 1.807) is 0 Å². The van der Waals surface area contributed by atoms with Crippen molar-refractivity contribution in [3.63, 3.8) is 0 Å². The second kappa shape index (κ2) is 7.69. The summed E-state index contributed by atoms with van der Waals surface area (Å²) in [7, 11) is 0. The Morgan fingerprint density at radius 2 is 2.05 bits per heavy atom. The summed E-state index contributed by atoms with van der Waals surface area (Å²) in [6.07, 6.45) is 8.24. The summed E-state index contributed by atoms with van der Waals surface area (Å²) in [5.74, 6) is 1.71. The first-order chi connectivity index (χ1) is 10.2. The Labute approximate surface area is 152 Å². The molecule has 3 rings (SSSR count). The number of guanidine groups is 1. The zero-order chi connectivity index (χ0) is 14.9. The highest BCUT2D eigenvalue weighted by molar-refractivity contribution is 14.0. The smallest absolute Gasteiger partial charge is 0.191 e. The number of halogens is 1. The van der Waals surface area contributed by atoms with Crippen LogP contribution < -0.4 is 10.6 Å². The van der Waals surface area contributed by atoms with Gasteiger partial charge in [-0.25, -0.2) is 0 Å². The zero-order valence-electron chi connectivity index (χ0n) is 14.2. The summed E-state index contributed by atoms with van der Waals surface area (Å²) in [5, 5.41) is 7.33. The first-order valence-corrected chi connectivity index (χ1v) is 8.90. The minimum absolute atomic E-state index is 0. The van der Waals surface area contributed by atoms with Crippen LogP contribution in [0.3, 0.4) is 0 Å². The average Bonchev–Trinajstić information content (AvgIpc) is 3.12. The van der Waals surface area contributed by atoms with Gasteiger partial charge in [-0.05, 0) is 39.5 Å². The van der Waals surface area contributed by atoms with Crippen LogP contribution in [0.4, 0.5) is 0 Å². The molecule has 2 saturated carbocycles. The Kier molecular flexibility index (Phi) is 6.39. The first-order valence-electron chi connectivity index (χ1n) is 8.90. The van der Waals surface area contributed by atoms with E-state index in [0.29, 0.717) is 29.5 Å². The molecule has 4 nitrogen and oxygen atoms in total. The molecule has 4 unspecified atom stereocenters. The van der Waals surface area contributed by atoms with E-state index < -0.39 is 0 Å². The van der Waals surface area contributed by atoms with Crippen LogP contribution in [0.15, 0.2) is 4.99 Å². The lowest BCUT2D eigenvalue weighted by molar-refractivity contribution is -0.125. The second-order valence-corrected chi connectivity index (χ2v) is 7.08. The summed E-state index contributed by atoms with van der Waals surface area (Å²) in [5.41, 5.74) is 0.396. The van der Waals surface area contributed by atoms with Gasteiger partial charge < -0.3 is 15.4 Å². The van der Waals surface area contributed by atoms with Crippen LogP contribution in [0.1, 0.15) is 59.3 Å². The van der Waals surface area contributed by atoms with Crippen LogP contribution in [-0.4, -0.2) is 37.3 Å². The number of aliphatic imine (C=N–C) groups is 1. The molecule has 3 fully saturated rings. The van der Waals surface area contributed by atoms with Gasteiger partial charge in [-0.2, -0.15) is 0 Å². The Hall–Kier alpha value is -0.0400. The van der Waals surface area contributed by atoms with Crippen molar-refractivity contribution < 1.29 is 4.74 Å². The summed E-state index contributed by atoms with van der Waals surface area (Å²) in [4.78, 5) is 4.66. The van der Waals surface area contributed by atoms with Crippen LogP contribution >= 0.6 is 24.0 Å². The minimum atomic E-state index is 0. The van der Waals surface area contributed by atoms with E-state index in [0.717, 1.165) is 25.5 Å². The molecule has 0 amide bonds. The molecule has 1 saturated heterocycles. The molecule has 2 aliphatic carbocycles. The third-order valence-corrected chi connectivity index (χ3v) is 5.89. The lowest BCUT2D eigenvalue weighted by atomic mass is 9.54. The van der Waals surface area contributed by atoms with Crippen molar-refractivity contribution in [3.8, 4) is 0 Å². The standard InChI is InChI=1S/C17H31N3O.HI/c1-4-12(3)19-16(18-5-2)20-14-13-8-11-21-15(13)17(14)9-6-7-10-17;/h12-15H,4-11H2,1-3H3,(H2,18,19,20);1H. The minimum Gasteiger partial charge on any atom is -0.377 e. The number of hydrogen-bond donors (Lipinski definition) is 2. The first kappa shape index (κ1) is 18.3. The van der Waals surface area contributed by atoms with E-state index >= 15 is 0 Å². The highest BCUT2D eigenvalue weighted by atomic mass is 127. The molecule has 0 aromatic carbocycles. The monoisotopic (exact) mass is 421 g/mol. The summed E-state index contributed by atoms with van der Waals surface area (Å²) >= 11 is 0. The molecule has 0 aromatic heterocycles. The van der Waals surface area contributed by atoms with Crippen molar-refractivity contribution in [2.75, 3.05) is 13.2 Å². The van der Waals surface area contributed by atoms with E-state index in [9.17, 15) is 0 Å². The number of ether oxygens (including phenoxy) is 1. The SMILES string of the molecule is CCN=C(NC(C)CC)NC1C2CCOC2C12CCCC2.I. The van der Waals surface area contributed by atoms with Crippen molar-refractivity contribution in [1.82, 2.24) is 10.6 Å². The third-order valence-electron chi connectivity index (χ3n) is 5.89. The fourth-order valence-corrected chi connectivity index (χ4v) is 4.68. The van der Waals surface area contributed by atoms with Gasteiger partial charge in [-0.3, -0.25) is 4.99 Å². The molecule has 4 atom stereocenters. The van der Waals surface area contributed by atoms with E-state index in [2.05, 4.69) is 36.4 Å². The van der Waals surface area contributed by atoms with Crippen molar-refractivity contribution in [3.05, 3.63) is 0 Å². The molecular formula is C17H32IN3O. The van der Waals surface area contributed by atoms with Crippen molar-refractivity contribution in [2.45, 2.75) is 77.5 Å². The second-order valence-electron chi connectivity index (χ2n) is 7.08. The lowest BCUT2D eigenvalue weighted by Crippen LogP contribution is -2.69. The van der Waals surface area contributed by atoms with Crippen molar-refractivity contribution in [1.29, 1.82) is 0 Å². The van der Waals surface area contributed by atoms with Gasteiger partial charge in [0.15, 0.2) is 5.96 Å². The van der Waals surface area contributed by atoms with Gasteiger partial charge in [0.2, 0.25) is 0 Å². The van der Waals surface area contributed by atoms with Gasteiger partial charge in [0.05, 0.1) is 6.10 Å². The maximum absolute atomic E-state index is 6.06. The summed E-state index contributed by atoms with van der Waals surface area (Å²) < 4.78 is 6.06. The van der Waals surface area contributed by atoms with Crippen LogP contribution in [0.2, 0.25) is 0 Å². The Morgan fingerprint density at radius 3 is 2.68 bits per heavy atom. The number of fused-ring (bicyclic) bond motifs is 2. The van der Waals surface area contributed by atoms with Gasteiger partial charge >= 0.3 is 0 Å². The predicted molar refractivity (Wildman–Crippen MR) is 102 cm³/mol. The van der Waals surface area contributed by atoms with Gasteiger partial charge in [0.1, 0.15) is 0 Å². The lowest BCUT2D eigenvalue weighted by Gasteiger charge is -2.57. The van der Waals surface area contributed by atoms with E-state index in [1.807, 2.05) is 0 Å². The molecule has 1 heterocycles. The number of nitrogens with zero attached hydrogens (tertiary/aromatic N) is 1. The van der Waals surface area contributed by atoms with Gasteiger partial charge in [0.25, 0.3) is 0 Å². The summed E-state index contributed by atoms with van der Waals surface area (Å²) in [6, 6.07) is 1.03. The number of nitrogens with one attached hydrogen (secondary N) is 2. The normalized spacial score (nSPS) is 33.8. The molecule has 0 bridgehead atoms. The predicted octanol–water partition coefficient (Wildman–Crippen LogP) is 3.31. The molecule has 1 spiro atoms. The van der Waals surface area contributed by atoms with Crippen LogP contribution in [0.25, 0.3) is 0 Å². The topological polar surface area (TPSA) is 45.7 Å². The molecule has 5 heteroatoms.